The number of benzene rings is 2. The third-order valence-electron chi connectivity index (χ3n) is 7.01. The van der Waals surface area contributed by atoms with Gasteiger partial charge in [-0.2, -0.15) is 0 Å². The summed E-state index contributed by atoms with van der Waals surface area (Å²) in [7, 11) is 1.60. The van der Waals surface area contributed by atoms with E-state index < -0.39 is 6.29 Å². The fraction of sp³-hybridized carbons (Fsp3) is 0.296. The minimum Gasteiger partial charge on any atom is -0.495 e. The van der Waals surface area contributed by atoms with E-state index >= 15 is 0 Å². The molecule has 39 heavy (non-hydrogen) atoms. The third kappa shape index (κ3) is 4.90. The van der Waals surface area contributed by atoms with Gasteiger partial charge in [0, 0.05) is 5.56 Å². The maximum Gasteiger partial charge on any atom is 0.586 e. The van der Waals surface area contributed by atoms with E-state index in [1.54, 1.807) is 42.1 Å². The second kappa shape index (κ2) is 9.70. The van der Waals surface area contributed by atoms with Gasteiger partial charge < -0.3 is 25.3 Å². The molecule has 0 spiro atoms. The van der Waals surface area contributed by atoms with Crippen molar-refractivity contribution in [1.82, 2.24) is 19.5 Å². The Kier molecular flexibility index (Phi) is 6.18. The number of ether oxygens (including phenoxy) is 3. The smallest absolute Gasteiger partial charge is 0.495 e. The first-order valence-electron chi connectivity index (χ1n) is 12.5. The van der Waals surface area contributed by atoms with E-state index in [1.807, 2.05) is 18.2 Å². The van der Waals surface area contributed by atoms with E-state index in [9.17, 15) is 13.6 Å². The summed E-state index contributed by atoms with van der Waals surface area (Å²) in [5.74, 6) is 0.877. The normalized spacial score (nSPS) is 16.9. The van der Waals surface area contributed by atoms with Crippen LogP contribution in [0.3, 0.4) is 0 Å². The van der Waals surface area contributed by atoms with Crippen LogP contribution in [0.2, 0.25) is 0 Å². The maximum absolute atomic E-state index is 13.7. The van der Waals surface area contributed by atoms with Crippen LogP contribution >= 0.6 is 0 Å². The van der Waals surface area contributed by atoms with E-state index in [1.165, 1.54) is 6.07 Å². The number of aromatic nitrogens is 3. The van der Waals surface area contributed by atoms with Crippen LogP contribution in [0.5, 0.6) is 17.2 Å². The number of primary amides is 1. The number of alkyl halides is 2. The highest BCUT2D eigenvalue weighted by atomic mass is 19.3. The van der Waals surface area contributed by atoms with Gasteiger partial charge in [-0.05, 0) is 73.8 Å². The summed E-state index contributed by atoms with van der Waals surface area (Å²) >= 11 is 0. The van der Waals surface area contributed by atoms with Crippen molar-refractivity contribution in [3.63, 3.8) is 0 Å². The van der Waals surface area contributed by atoms with Crippen LogP contribution in [-0.4, -0.2) is 58.4 Å². The fourth-order valence-electron chi connectivity index (χ4n) is 5.16. The molecule has 0 saturated carbocycles. The molecule has 2 aliphatic rings. The number of halogens is 2. The average molecular weight is 537 g/mol. The number of anilines is 2. The number of carbonyl (C=O) groups is 1. The fourth-order valence-corrected chi connectivity index (χ4v) is 5.16. The lowest BCUT2D eigenvalue weighted by molar-refractivity contribution is -0.286. The Balaban J connectivity index is 1.24. The molecule has 3 N–H and O–H groups in total. The van der Waals surface area contributed by atoms with Crippen LogP contribution < -0.4 is 25.3 Å². The van der Waals surface area contributed by atoms with Crippen molar-refractivity contribution in [2.45, 2.75) is 25.1 Å². The van der Waals surface area contributed by atoms with Crippen LogP contribution in [0.25, 0.3) is 16.8 Å². The van der Waals surface area contributed by atoms with E-state index in [4.69, 9.17) is 15.2 Å². The number of para-hydroxylation sites is 1. The molecule has 202 valence electrons. The van der Waals surface area contributed by atoms with Gasteiger partial charge in [0.25, 0.3) is 0 Å². The average Bonchev–Trinajstić information content (AvgIpc) is 3.47. The molecule has 1 saturated heterocycles. The number of nitrogens with one attached hydrogen (secondary N) is 1. The number of carbonyl (C=O) groups excluding carboxylic acids is 1. The second-order valence-electron chi connectivity index (χ2n) is 9.54. The zero-order valence-corrected chi connectivity index (χ0v) is 21.1. The van der Waals surface area contributed by atoms with Crippen LogP contribution in [0.4, 0.5) is 20.4 Å². The van der Waals surface area contributed by atoms with Gasteiger partial charge in [-0.3, -0.25) is 9.69 Å². The summed E-state index contributed by atoms with van der Waals surface area (Å²) in [6.45, 7) is 1.90. The molecule has 2 aromatic carbocycles. The number of nitrogens with two attached hydrogens (primary N) is 1. The number of hydrogen-bond donors (Lipinski definition) is 2. The minimum absolute atomic E-state index is 0.0387. The predicted octanol–water partition coefficient (Wildman–Crippen LogP) is 4.13. The number of hydrogen-bond acceptors (Lipinski definition) is 8. The zero-order chi connectivity index (χ0) is 27.1. The first-order chi connectivity index (χ1) is 18.8. The molecule has 4 aromatic rings. The standard InChI is InChI=1S/C27H26F2N6O4/c1-37-23-13-17(16-9-11-34(12-10-16)15-24(30)36)5-7-20(23)32-26-31-14-18-6-8-21(35(18)33-26)19-3-2-4-22-25(19)39-27(28,29)38-22/h2-8,13-14,16H,9-12,15H2,1H3,(H2,30,36)(H,32,33). The van der Waals surface area contributed by atoms with Gasteiger partial charge in [-0.1, -0.05) is 12.1 Å². The van der Waals surface area contributed by atoms with Crippen molar-refractivity contribution in [1.29, 1.82) is 0 Å². The molecule has 6 rings (SSSR count). The summed E-state index contributed by atoms with van der Waals surface area (Å²) in [5.41, 5.74) is 8.78. The Bertz CT molecular complexity index is 1550. The number of methoxy groups -OCH3 is 1. The lowest BCUT2D eigenvalue weighted by Crippen LogP contribution is -2.39. The van der Waals surface area contributed by atoms with Crippen LogP contribution in [0.1, 0.15) is 24.3 Å². The summed E-state index contributed by atoms with van der Waals surface area (Å²) in [6, 6.07) is 14.2. The molecule has 2 aliphatic heterocycles. The Morgan fingerprint density at radius 3 is 2.77 bits per heavy atom. The molecule has 0 aliphatic carbocycles. The molecule has 0 bridgehead atoms. The van der Waals surface area contributed by atoms with Crippen LogP contribution in [0.15, 0.2) is 54.7 Å². The molecule has 1 fully saturated rings. The van der Waals surface area contributed by atoms with Crippen molar-refractivity contribution in [2.75, 3.05) is 32.1 Å². The van der Waals surface area contributed by atoms with Gasteiger partial charge >= 0.3 is 6.29 Å². The van der Waals surface area contributed by atoms with E-state index in [0.29, 0.717) is 40.1 Å². The lowest BCUT2D eigenvalue weighted by Gasteiger charge is -2.31. The molecule has 0 unspecified atom stereocenters. The third-order valence-corrected chi connectivity index (χ3v) is 7.01. The molecule has 12 heteroatoms. The Morgan fingerprint density at radius 2 is 2.00 bits per heavy atom. The van der Waals surface area contributed by atoms with Gasteiger partial charge in [0.1, 0.15) is 5.75 Å². The van der Waals surface area contributed by atoms with Gasteiger partial charge in [0.05, 0.1) is 36.7 Å². The second-order valence-corrected chi connectivity index (χ2v) is 9.54. The highest BCUT2D eigenvalue weighted by Crippen LogP contribution is 2.47. The predicted molar refractivity (Wildman–Crippen MR) is 139 cm³/mol. The molecule has 10 nitrogen and oxygen atoms in total. The highest BCUT2D eigenvalue weighted by Gasteiger charge is 2.44. The number of rotatable bonds is 7. The van der Waals surface area contributed by atoms with Crippen LogP contribution in [-0.2, 0) is 4.79 Å². The SMILES string of the molecule is COc1cc(C2CCN(CC(N)=O)CC2)ccc1Nc1ncc2ccc(-c3cccc4c3OC(F)(F)O4)n2n1. The number of piperidine rings is 1. The van der Waals surface area contributed by atoms with E-state index in [2.05, 4.69) is 25.0 Å². The van der Waals surface area contributed by atoms with Crippen LogP contribution in [0, 0.1) is 0 Å². The molecular formula is C27H26F2N6O4. The first-order valence-corrected chi connectivity index (χ1v) is 12.5. The highest BCUT2D eigenvalue weighted by molar-refractivity contribution is 5.76. The molecule has 4 heterocycles. The number of fused-ring (bicyclic) bond motifs is 2. The summed E-state index contributed by atoms with van der Waals surface area (Å²) in [4.78, 5) is 17.7. The summed E-state index contributed by atoms with van der Waals surface area (Å²) in [6.07, 6.45) is -0.252. The quantitative estimate of drug-likeness (QED) is 0.362. The van der Waals surface area contributed by atoms with E-state index in [-0.39, 0.29) is 24.0 Å². The summed E-state index contributed by atoms with van der Waals surface area (Å²) < 4.78 is 44.1. The van der Waals surface area contributed by atoms with Crippen molar-refractivity contribution >= 4 is 23.1 Å². The maximum atomic E-state index is 13.7. The van der Waals surface area contributed by atoms with Gasteiger partial charge in [0.15, 0.2) is 11.5 Å². The lowest BCUT2D eigenvalue weighted by atomic mass is 9.89. The number of likely N-dealkylation sites (tertiary alicyclic amines) is 1. The van der Waals surface area contributed by atoms with Crippen molar-refractivity contribution in [3.05, 3.63) is 60.3 Å². The summed E-state index contributed by atoms with van der Waals surface area (Å²) in [5, 5.41) is 7.80. The monoisotopic (exact) mass is 536 g/mol. The molecule has 0 atom stereocenters. The molecule has 0 radical (unpaired) electrons. The van der Waals surface area contributed by atoms with Crippen molar-refractivity contribution in [2.24, 2.45) is 5.73 Å². The Hall–Kier alpha value is -4.45. The van der Waals surface area contributed by atoms with Crippen molar-refractivity contribution in [3.8, 4) is 28.5 Å². The molecule has 1 amide bonds. The first kappa shape index (κ1) is 24.9. The van der Waals surface area contributed by atoms with Crippen molar-refractivity contribution < 1.29 is 27.8 Å². The Labute approximate surface area is 222 Å². The number of nitrogens with zero attached hydrogens (tertiary/aromatic N) is 4. The van der Waals surface area contributed by atoms with Gasteiger partial charge in [0.2, 0.25) is 11.9 Å². The topological polar surface area (TPSA) is 116 Å². The van der Waals surface area contributed by atoms with Gasteiger partial charge in [-0.25, -0.2) is 9.50 Å². The molecule has 2 aromatic heterocycles. The zero-order valence-electron chi connectivity index (χ0n) is 21.1. The molecular weight excluding hydrogens is 510 g/mol. The minimum atomic E-state index is -3.73. The Morgan fingerprint density at radius 1 is 1.18 bits per heavy atom. The number of amides is 1. The van der Waals surface area contributed by atoms with E-state index in [0.717, 1.165) is 31.5 Å². The largest absolute Gasteiger partial charge is 0.586 e. The van der Waals surface area contributed by atoms with Gasteiger partial charge in [-0.15, -0.1) is 13.9 Å².